The van der Waals surface area contributed by atoms with E-state index in [4.69, 9.17) is 0 Å². The monoisotopic (exact) mass is 269 g/mol. The Bertz CT molecular complexity index is 581. The molecule has 0 N–H and O–H groups in total. The molecule has 1 rings (SSSR count). The fourth-order valence-corrected chi connectivity index (χ4v) is 2.34. The van der Waals surface area contributed by atoms with E-state index in [2.05, 4.69) is 0 Å². The Balaban J connectivity index is 3.44. The Hall–Kier alpha value is -1.36. The fourth-order valence-electron chi connectivity index (χ4n) is 1.39. The van der Waals surface area contributed by atoms with Crippen LogP contribution in [0.4, 0.5) is 0 Å². The molecule has 100 valence electrons. The number of sulfone groups is 1. The van der Waals surface area contributed by atoms with E-state index < -0.39 is 15.4 Å². The third-order valence-electron chi connectivity index (χ3n) is 2.49. The first-order valence-electron chi connectivity index (χ1n) is 5.64. The Labute approximate surface area is 108 Å². The second-order valence-electron chi connectivity index (χ2n) is 5.44. The van der Waals surface area contributed by atoms with Gasteiger partial charge < -0.3 is 5.21 Å². The summed E-state index contributed by atoms with van der Waals surface area (Å²) in [5.74, 6) is 0. The largest absolute Gasteiger partial charge is 0.623 e. The van der Waals surface area contributed by atoms with Crippen LogP contribution in [0, 0.1) is 12.1 Å². The SMILES string of the molecule is Cc1ccc(/C=[N+](\[O-])C(C)(C)C)c(S(C)(=O)=O)c1. The molecule has 0 radical (unpaired) electrons. The van der Waals surface area contributed by atoms with Crippen molar-refractivity contribution in [3.05, 3.63) is 34.5 Å². The Kier molecular flexibility index (Phi) is 3.86. The van der Waals surface area contributed by atoms with Crippen molar-refractivity contribution in [2.75, 3.05) is 6.26 Å². The van der Waals surface area contributed by atoms with Crippen molar-refractivity contribution < 1.29 is 13.2 Å². The maximum atomic E-state index is 11.9. The van der Waals surface area contributed by atoms with Crippen molar-refractivity contribution in [2.24, 2.45) is 0 Å². The molecule has 1 aromatic carbocycles. The molecule has 0 unspecified atom stereocenters. The second kappa shape index (κ2) is 4.72. The lowest BCUT2D eigenvalue weighted by atomic mass is 10.1. The van der Waals surface area contributed by atoms with E-state index in [0.717, 1.165) is 16.6 Å². The van der Waals surface area contributed by atoms with Gasteiger partial charge in [0.1, 0.15) is 0 Å². The normalized spacial score (nSPS) is 13.7. The zero-order valence-corrected chi connectivity index (χ0v) is 12.2. The summed E-state index contributed by atoms with van der Waals surface area (Å²) < 4.78 is 24.2. The van der Waals surface area contributed by atoms with Crippen molar-refractivity contribution in [1.29, 1.82) is 0 Å². The highest BCUT2D eigenvalue weighted by molar-refractivity contribution is 7.90. The van der Waals surface area contributed by atoms with Crippen molar-refractivity contribution in [3.63, 3.8) is 0 Å². The molecule has 0 bridgehead atoms. The van der Waals surface area contributed by atoms with Crippen molar-refractivity contribution in [3.8, 4) is 0 Å². The van der Waals surface area contributed by atoms with Crippen LogP contribution >= 0.6 is 0 Å². The zero-order valence-electron chi connectivity index (χ0n) is 11.4. The summed E-state index contributed by atoms with van der Waals surface area (Å²) in [5, 5.41) is 11.9. The van der Waals surface area contributed by atoms with Gasteiger partial charge in [0, 0.05) is 27.0 Å². The minimum absolute atomic E-state index is 0.188. The summed E-state index contributed by atoms with van der Waals surface area (Å²) in [4.78, 5) is 0.188. The molecule has 0 aliphatic heterocycles. The second-order valence-corrected chi connectivity index (χ2v) is 7.42. The van der Waals surface area contributed by atoms with Gasteiger partial charge in [-0.3, -0.25) is 0 Å². The molecule has 0 saturated carbocycles. The lowest BCUT2D eigenvalue weighted by Gasteiger charge is -2.19. The highest BCUT2D eigenvalue weighted by atomic mass is 32.2. The smallest absolute Gasteiger partial charge is 0.183 e. The number of aryl methyl sites for hydroxylation is 1. The highest BCUT2D eigenvalue weighted by Crippen LogP contribution is 2.17. The van der Waals surface area contributed by atoms with Gasteiger partial charge in [-0.25, -0.2) is 13.2 Å². The van der Waals surface area contributed by atoms with E-state index in [0.29, 0.717) is 5.56 Å². The van der Waals surface area contributed by atoms with Gasteiger partial charge >= 0.3 is 0 Å². The maximum absolute atomic E-state index is 11.9. The molecule has 0 aliphatic rings. The van der Waals surface area contributed by atoms with Crippen LogP contribution in [0.25, 0.3) is 0 Å². The molecule has 5 heteroatoms. The lowest BCUT2D eigenvalue weighted by molar-refractivity contribution is -0.530. The number of rotatable bonds is 2. The summed E-state index contributed by atoms with van der Waals surface area (Å²) in [6.07, 6.45) is 2.47. The number of benzene rings is 1. The van der Waals surface area contributed by atoms with Crippen LogP contribution in [-0.2, 0) is 9.84 Å². The summed E-state index contributed by atoms with van der Waals surface area (Å²) >= 11 is 0. The molecule has 0 heterocycles. The first-order chi connectivity index (χ1) is 8.01. The summed E-state index contributed by atoms with van der Waals surface area (Å²) in [5.41, 5.74) is 0.674. The average molecular weight is 269 g/mol. The Morgan fingerprint density at radius 1 is 1.28 bits per heavy atom. The molecule has 18 heavy (non-hydrogen) atoms. The van der Waals surface area contributed by atoms with E-state index in [9.17, 15) is 13.6 Å². The zero-order chi connectivity index (χ0) is 14.1. The molecule has 0 amide bonds. The van der Waals surface area contributed by atoms with E-state index in [-0.39, 0.29) is 4.90 Å². The standard InChI is InChI=1S/C13H19NO3S/c1-10-6-7-11(9-14(15)13(2,3)4)12(8-10)18(5,16)17/h6-9H,1-5H3/b14-9-. The van der Waals surface area contributed by atoms with Gasteiger partial charge in [-0.2, -0.15) is 0 Å². The van der Waals surface area contributed by atoms with E-state index >= 15 is 0 Å². The van der Waals surface area contributed by atoms with E-state index in [1.165, 1.54) is 6.21 Å². The first kappa shape index (κ1) is 14.7. The van der Waals surface area contributed by atoms with Crippen molar-refractivity contribution in [2.45, 2.75) is 38.1 Å². The molecular formula is C13H19NO3S. The van der Waals surface area contributed by atoms with Gasteiger partial charge in [0.05, 0.1) is 10.5 Å². The molecule has 0 atom stereocenters. The van der Waals surface area contributed by atoms with Gasteiger partial charge in [0.15, 0.2) is 21.6 Å². The number of hydroxylamine groups is 1. The van der Waals surface area contributed by atoms with Crippen molar-refractivity contribution >= 4 is 16.1 Å². The first-order valence-corrected chi connectivity index (χ1v) is 7.53. The molecule has 0 aromatic heterocycles. The van der Waals surface area contributed by atoms with Gasteiger partial charge in [0.2, 0.25) is 0 Å². The quantitative estimate of drug-likeness (QED) is 0.357. The van der Waals surface area contributed by atoms with Crippen LogP contribution in [0.3, 0.4) is 0 Å². The molecule has 0 aliphatic carbocycles. The average Bonchev–Trinajstić information content (AvgIpc) is 2.17. The van der Waals surface area contributed by atoms with E-state index in [1.54, 1.807) is 39.0 Å². The van der Waals surface area contributed by atoms with Crippen LogP contribution in [0.2, 0.25) is 0 Å². The van der Waals surface area contributed by atoms with Gasteiger partial charge in [-0.15, -0.1) is 0 Å². The van der Waals surface area contributed by atoms with Gasteiger partial charge in [-0.05, 0) is 24.6 Å². The minimum Gasteiger partial charge on any atom is -0.623 e. The fraction of sp³-hybridized carbons (Fsp3) is 0.462. The molecule has 0 spiro atoms. The third-order valence-corrected chi connectivity index (χ3v) is 3.64. The molecular weight excluding hydrogens is 250 g/mol. The Morgan fingerprint density at radius 3 is 2.28 bits per heavy atom. The van der Waals surface area contributed by atoms with Crippen LogP contribution in [0.1, 0.15) is 31.9 Å². The topological polar surface area (TPSA) is 60.2 Å². The maximum Gasteiger partial charge on any atom is 0.183 e. The number of hydrogen-bond donors (Lipinski definition) is 0. The van der Waals surface area contributed by atoms with E-state index in [1.807, 2.05) is 6.92 Å². The van der Waals surface area contributed by atoms with Crippen LogP contribution < -0.4 is 0 Å². The van der Waals surface area contributed by atoms with Crippen LogP contribution in [0.5, 0.6) is 0 Å². The minimum atomic E-state index is -3.34. The van der Waals surface area contributed by atoms with Crippen molar-refractivity contribution in [1.82, 2.24) is 0 Å². The predicted molar refractivity (Wildman–Crippen MR) is 72.8 cm³/mol. The van der Waals surface area contributed by atoms with Gasteiger partial charge in [0.25, 0.3) is 0 Å². The summed E-state index contributed by atoms with van der Waals surface area (Å²) in [6.45, 7) is 7.12. The predicted octanol–water partition coefficient (Wildman–Crippen LogP) is 2.13. The summed E-state index contributed by atoms with van der Waals surface area (Å²) in [7, 11) is -3.34. The van der Waals surface area contributed by atoms with Crippen LogP contribution in [0.15, 0.2) is 23.1 Å². The molecule has 0 fully saturated rings. The third kappa shape index (κ3) is 3.57. The summed E-state index contributed by atoms with van der Waals surface area (Å²) in [6, 6.07) is 5.02. The number of hydrogen-bond acceptors (Lipinski definition) is 3. The Morgan fingerprint density at radius 2 is 1.83 bits per heavy atom. The molecule has 1 aromatic rings. The highest BCUT2D eigenvalue weighted by Gasteiger charge is 2.20. The number of nitrogens with zero attached hydrogens (tertiary/aromatic N) is 1. The van der Waals surface area contributed by atoms with Gasteiger partial charge in [-0.1, -0.05) is 6.07 Å². The molecule has 0 saturated heterocycles. The lowest BCUT2D eigenvalue weighted by Crippen LogP contribution is -2.29. The molecule has 4 nitrogen and oxygen atoms in total. The van der Waals surface area contributed by atoms with Crippen LogP contribution in [-0.4, -0.2) is 31.2 Å².